The van der Waals surface area contributed by atoms with Crippen LogP contribution in [-0.2, 0) is 0 Å². The van der Waals surface area contributed by atoms with E-state index in [9.17, 15) is 4.79 Å². The number of benzene rings is 3. The summed E-state index contributed by atoms with van der Waals surface area (Å²) in [5.74, 6) is 1.52. The zero-order chi connectivity index (χ0) is 23.8. The molecule has 0 amide bonds. The molecule has 1 aliphatic heterocycles. The summed E-state index contributed by atoms with van der Waals surface area (Å²) in [4.78, 5) is 16.3. The number of methoxy groups -OCH3 is 1. The molecule has 1 fully saturated rings. The van der Waals surface area contributed by atoms with E-state index >= 15 is 0 Å². The Morgan fingerprint density at radius 3 is 2.26 bits per heavy atom. The minimum atomic E-state index is -0.278. The third kappa shape index (κ3) is 5.87. The van der Waals surface area contributed by atoms with Gasteiger partial charge in [-0.2, -0.15) is 0 Å². The summed E-state index contributed by atoms with van der Waals surface area (Å²) in [6, 6.07) is 25.9. The second kappa shape index (κ2) is 11.8. The Kier molecular flexibility index (Phi) is 8.37. The normalized spacial score (nSPS) is 15.6. The van der Waals surface area contributed by atoms with Crippen molar-refractivity contribution in [2.75, 3.05) is 33.4 Å². The van der Waals surface area contributed by atoms with Crippen molar-refractivity contribution < 1.29 is 14.3 Å². The Labute approximate surface area is 203 Å². The van der Waals surface area contributed by atoms with Crippen molar-refractivity contribution in [3.63, 3.8) is 0 Å². The number of hydrogen-bond acceptors (Lipinski definition) is 4. The molecule has 1 saturated heterocycles. The second-order valence-electron chi connectivity index (χ2n) is 8.97. The first-order chi connectivity index (χ1) is 16.7. The van der Waals surface area contributed by atoms with E-state index in [0.29, 0.717) is 12.2 Å². The Morgan fingerprint density at radius 2 is 1.59 bits per heavy atom. The summed E-state index contributed by atoms with van der Waals surface area (Å²) in [5.41, 5.74) is 2.86. The molecule has 0 radical (unpaired) electrons. The van der Waals surface area contributed by atoms with Crippen LogP contribution in [0.15, 0.2) is 78.9 Å². The van der Waals surface area contributed by atoms with Crippen LogP contribution in [0, 0.1) is 0 Å². The van der Waals surface area contributed by atoms with Gasteiger partial charge >= 0.3 is 0 Å². The maximum atomic E-state index is 13.9. The van der Waals surface area contributed by atoms with Crippen LogP contribution < -0.4 is 9.47 Å². The van der Waals surface area contributed by atoms with Gasteiger partial charge in [-0.1, -0.05) is 49.4 Å². The molecular weight excluding hydrogens is 422 g/mol. The Hall–Kier alpha value is -3.11. The maximum Gasteiger partial charge on any atom is 0.170 e. The van der Waals surface area contributed by atoms with Gasteiger partial charge in [0.05, 0.1) is 13.0 Å². The van der Waals surface area contributed by atoms with Crippen molar-refractivity contribution in [3.05, 3.63) is 95.6 Å². The standard InChI is InChI=1S/C30H35NO3/c1-3-28(25-12-9-13-27(22-25)33-2)29(23-10-5-4-6-11-23)30(32)24-14-16-26(17-15-24)34-21-20-31-18-7-8-19-31/h4-6,9-17,22,28-29H,3,7-8,18-21H2,1-2H3. The van der Waals surface area contributed by atoms with Gasteiger partial charge in [0.15, 0.2) is 5.78 Å². The average molecular weight is 458 g/mol. The number of ketones is 1. The lowest BCUT2D eigenvalue weighted by atomic mass is 9.76. The fourth-order valence-electron chi connectivity index (χ4n) is 4.96. The minimum Gasteiger partial charge on any atom is -0.497 e. The summed E-state index contributed by atoms with van der Waals surface area (Å²) < 4.78 is 11.4. The van der Waals surface area contributed by atoms with Crippen molar-refractivity contribution in [1.82, 2.24) is 4.90 Å². The van der Waals surface area contributed by atoms with Gasteiger partial charge in [-0.15, -0.1) is 0 Å². The second-order valence-corrected chi connectivity index (χ2v) is 8.97. The molecule has 1 aliphatic rings. The van der Waals surface area contributed by atoms with Crippen LogP contribution in [0.5, 0.6) is 11.5 Å². The molecular formula is C30H35NO3. The van der Waals surface area contributed by atoms with Crippen molar-refractivity contribution in [2.45, 2.75) is 38.0 Å². The highest BCUT2D eigenvalue weighted by Gasteiger charge is 2.31. The van der Waals surface area contributed by atoms with Crippen molar-refractivity contribution in [2.24, 2.45) is 0 Å². The van der Waals surface area contributed by atoms with Gasteiger partial charge in [-0.3, -0.25) is 9.69 Å². The number of likely N-dealkylation sites (tertiary alicyclic amines) is 1. The van der Waals surface area contributed by atoms with E-state index in [0.717, 1.165) is 35.6 Å². The van der Waals surface area contributed by atoms with Gasteiger partial charge in [0.2, 0.25) is 0 Å². The smallest absolute Gasteiger partial charge is 0.170 e. The summed E-state index contributed by atoms with van der Waals surface area (Å²) in [6.45, 7) is 6.11. The van der Waals surface area contributed by atoms with Gasteiger partial charge in [0.25, 0.3) is 0 Å². The molecule has 4 heteroatoms. The van der Waals surface area contributed by atoms with Crippen LogP contribution in [0.4, 0.5) is 0 Å². The van der Waals surface area contributed by atoms with Crippen molar-refractivity contribution in [1.29, 1.82) is 0 Å². The number of carbonyl (C=O) groups excluding carboxylic acids is 1. The Bertz CT molecular complexity index is 1040. The highest BCUT2D eigenvalue weighted by atomic mass is 16.5. The van der Waals surface area contributed by atoms with Gasteiger partial charge in [-0.05, 0) is 85.8 Å². The molecule has 0 spiro atoms. The van der Waals surface area contributed by atoms with E-state index < -0.39 is 0 Å². The zero-order valence-electron chi connectivity index (χ0n) is 20.3. The lowest BCUT2D eigenvalue weighted by molar-refractivity contribution is 0.0945. The lowest BCUT2D eigenvalue weighted by Gasteiger charge is -2.27. The number of rotatable bonds is 11. The van der Waals surface area contributed by atoms with Crippen molar-refractivity contribution >= 4 is 5.78 Å². The molecule has 1 heterocycles. The van der Waals surface area contributed by atoms with Crippen molar-refractivity contribution in [3.8, 4) is 11.5 Å². The van der Waals surface area contributed by atoms with Gasteiger partial charge in [0.1, 0.15) is 18.1 Å². The number of Topliss-reactive ketones (excluding diaryl/α,β-unsaturated/α-hetero) is 1. The van der Waals surface area contributed by atoms with Crippen LogP contribution in [0.3, 0.4) is 0 Å². The SMILES string of the molecule is CCC(c1cccc(OC)c1)C(C(=O)c1ccc(OCCN2CCCC2)cc1)c1ccccc1. The molecule has 3 aromatic rings. The fourth-order valence-corrected chi connectivity index (χ4v) is 4.96. The van der Waals surface area contributed by atoms with Crippen LogP contribution in [-0.4, -0.2) is 44.0 Å². The molecule has 0 aromatic heterocycles. The van der Waals surface area contributed by atoms with Gasteiger partial charge < -0.3 is 9.47 Å². The third-order valence-electron chi connectivity index (χ3n) is 6.82. The van der Waals surface area contributed by atoms with Crippen LogP contribution in [0.25, 0.3) is 0 Å². The molecule has 0 N–H and O–H groups in total. The fraction of sp³-hybridized carbons (Fsp3) is 0.367. The van der Waals surface area contributed by atoms with E-state index in [1.165, 1.54) is 25.9 Å². The third-order valence-corrected chi connectivity index (χ3v) is 6.82. The molecule has 4 nitrogen and oxygen atoms in total. The van der Waals surface area contributed by atoms with E-state index in [1.54, 1.807) is 7.11 Å². The quantitative estimate of drug-likeness (QED) is 0.315. The van der Waals surface area contributed by atoms with Crippen LogP contribution >= 0.6 is 0 Å². The maximum absolute atomic E-state index is 13.9. The molecule has 178 valence electrons. The molecule has 34 heavy (non-hydrogen) atoms. The Balaban J connectivity index is 1.54. The molecule has 2 atom stereocenters. The number of carbonyl (C=O) groups is 1. The summed E-state index contributed by atoms with van der Waals surface area (Å²) in [5, 5.41) is 0. The first-order valence-electron chi connectivity index (χ1n) is 12.4. The van der Waals surface area contributed by atoms with E-state index in [4.69, 9.17) is 9.47 Å². The largest absolute Gasteiger partial charge is 0.497 e. The molecule has 4 rings (SSSR count). The van der Waals surface area contributed by atoms with Gasteiger partial charge in [0, 0.05) is 12.1 Å². The molecule has 0 aliphatic carbocycles. The van der Waals surface area contributed by atoms with E-state index in [2.05, 4.69) is 36.1 Å². The molecule has 2 unspecified atom stereocenters. The predicted octanol–water partition coefficient (Wildman–Crippen LogP) is 6.33. The van der Waals surface area contributed by atoms with Crippen LogP contribution in [0.1, 0.15) is 59.5 Å². The summed E-state index contributed by atoms with van der Waals surface area (Å²) >= 11 is 0. The van der Waals surface area contributed by atoms with Gasteiger partial charge in [-0.25, -0.2) is 0 Å². The highest BCUT2D eigenvalue weighted by Crippen LogP contribution is 2.39. The summed E-state index contributed by atoms with van der Waals surface area (Å²) in [6.07, 6.45) is 3.41. The van der Waals surface area contributed by atoms with E-state index in [-0.39, 0.29) is 17.6 Å². The number of nitrogens with zero attached hydrogens (tertiary/aromatic N) is 1. The molecule has 0 bridgehead atoms. The molecule has 0 saturated carbocycles. The highest BCUT2D eigenvalue weighted by molar-refractivity contribution is 6.01. The number of ether oxygens (including phenoxy) is 2. The summed E-state index contributed by atoms with van der Waals surface area (Å²) in [7, 11) is 1.68. The minimum absolute atomic E-state index is 0.0430. The zero-order valence-corrected chi connectivity index (χ0v) is 20.3. The monoisotopic (exact) mass is 457 g/mol. The first kappa shape index (κ1) is 24.0. The van der Waals surface area contributed by atoms with Crippen LogP contribution in [0.2, 0.25) is 0 Å². The Morgan fingerprint density at radius 1 is 0.882 bits per heavy atom. The van der Waals surface area contributed by atoms with E-state index in [1.807, 2.05) is 54.6 Å². The topological polar surface area (TPSA) is 38.8 Å². The lowest BCUT2D eigenvalue weighted by Crippen LogP contribution is -2.25. The number of hydrogen-bond donors (Lipinski definition) is 0. The predicted molar refractivity (Wildman–Crippen MR) is 137 cm³/mol. The first-order valence-corrected chi connectivity index (χ1v) is 12.4. The molecule has 3 aromatic carbocycles. The average Bonchev–Trinajstić information content (AvgIpc) is 3.41.